The van der Waals surface area contributed by atoms with Gasteiger partial charge in [-0.1, -0.05) is 19.9 Å². The van der Waals surface area contributed by atoms with E-state index in [1.165, 1.54) is 10.4 Å². The molecule has 1 aliphatic heterocycles. The van der Waals surface area contributed by atoms with Crippen LogP contribution in [-0.2, 0) is 19.6 Å². The SMILES string of the molecule is CCN(CC)S(=O)(=O)c1cc(NC(=O)[C@@H](C)N2CCN(C(=O)OC(C)(C)C)CC2)ccc1C. The Balaban J connectivity index is 2.04. The molecule has 1 saturated heterocycles. The molecule has 186 valence electrons. The predicted octanol–water partition coefficient (Wildman–Crippen LogP) is 2.91. The van der Waals surface area contributed by atoms with E-state index in [-0.39, 0.29) is 16.9 Å². The summed E-state index contributed by atoms with van der Waals surface area (Å²) in [5, 5.41) is 2.85. The fraction of sp³-hybridized carbons (Fsp3) is 0.652. The number of hydrogen-bond donors (Lipinski definition) is 1. The summed E-state index contributed by atoms with van der Waals surface area (Å²) in [7, 11) is -3.64. The maximum absolute atomic E-state index is 13.0. The second kappa shape index (κ2) is 10.8. The Morgan fingerprint density at radius 3 is 2.21 bits per heavy atom. The third-order valence-electron chi connectivity index (χ3n) is 5.67. The lowest BCUT2D eigenvalue weighted by molar-refractivity contribution is -0.121. The van der Waals surface area contributed by atoms with Crippen LogP contribution in [0.4, 0.5) is 10.5 Å². The van der Waals surface area contributed by atoms with Crippen molar-refractivity contribution in [3.63, 3.8) is 0 Å². The van der Waals surface area contributed by atoms with Crippen LogP contribution >= 0.6 is 0 Å². The highest BCUT2D eigenvalue weighted by molar-refractivity contribution is 7.89. The molecule has 10 heteroatoms. The maximum Gasteiger partial charge on any atom is 0.410 e. The zero-order chi connectivity index (χ0) is 25.0. The fourth-order valence-corrected chi connectivity index (χ4v) is 5.40. The molecule has 1 aromatic rings. The Labute approximate surface area is 198 Å². The smallest absolute Gasteiger partial charge is 0.410 e. The molecule has 9 nitrogen and oxygen atoms in total. The Hall–Kier alpha value is -2.17. The summed E-state index contributed by atoms with van der Waals surface area (Å²) in [5.41, 5.74) is 0.523. The van der Waals surface area contributed by atoms with Gasteiger partial charge >= 0.3 is 6.09 Å². The van der Waals surface area contributed by atoms with Crippen molar-refractivity contribution in [2.24, 2.45) is 0 Å². The van der Waals surface area contributed by atoms with E-state index < -0.39 is 21.7 Å². The second-order valence-electron chi connectivity index (χ2n) is 9.24. The Bertz CT molecular complexity index is 946. The van der Waals surface area contributed by atoms with Gasteiger partial charge in [0.05, 0.1) is 10.9 Å². The second-order valence-corrected chi connectivity index (χ2v) is 11.1. The van der Waals surface area contributed by atoms with Crippen molar-refractivity contribution in [3.05, 3.63) is 23.8 Å². The van der Waals surface area contributed by atoms with E-state index in [9.17, 15) is 18.0 Å². The molecule has 0 spiro atoms. The molecule has 1 atom stereocenters. The normalized spacial score (nSPS) is 16.5. The molecule has 1 aromatic carbocycles. The van der Waals surface area contributed by atoms with Gasteiger partial charge in [-0.2, -0.15) is 4.31 Å². The summed E-state index contributed by atoms with van der Waals surface area (Å²) in [6.45, 7) is 15.4. The molecule has 2 rings (SSSR count). The van der Waals surface area contributed by atoms with Crippen LogP contribution in [0.15, 0.2) is 23.1 Å². The van der Waals surface area contributed by atoms with Crippen molar-refractivity contribution in [2.45, 2.75) is 65.0 Å². The minimum absolute atomic E-state index is 0.197. The third kappa shape index (κ3) is 6.91. The number of nitrogens with one attached hydrogen (secondary N) is 1. The lowest BCUT2D eigenvalue weighted by Gasteiger charge is -2.37. The number of nitrogens with zero attached hydrogens (tertiary/aromatic N) is 3. The highest BCUT2D eigenvalue weighted by atomic mass is 32.2. The van der Waals surface area contributed by atoms with Gasteiger partial charge in [0, 0.05) is 45.0 Å². The lowest BCUT2D eigenvalue weighted by Crippen LogP contribution is -2.54. The van der Waals surface area contributed by atoms with Crippen molar-refractivity contribution < 1.29 is 22.7 Å². The van der Waals surface area contributed by atoms with Crippen LogP contribution in [0.5, 0.6) is 0 Å². The van der Waals surface area contributed by atoms with E-state index in [0.717, 1.165) is 0 Å². The monoisotopic (exact) mass is 482 g/mol. The van der Waals surface area contributed by atoms with Crippen molar-refractivity contribution in [1.82, 2.24) is 14.1 Å². The van der Waals surface area contributed by atoms with Crippen LogP contribution < -0.4 is 5.32 Å². The van der Waals surface area contributed by atoms with E-state index >= 15 is 0 Å². The molecular formula is C23H38N4O5S. The van der Waals surface area contributed by atoms with Crippen LogP contribution in [0.2, 0.25) is 0 Å². The van der Waals surface area contributed by atoms with E-state index in [1.807, 2.05) is 25.7 Å². The molecule has 0 unspecified atom stereocenters. The first-order valence-corrected chi connectivity index (χ1v) is 12.9. The summed E-state index contributed by atoms with van der Waals surface area (Å²) in [5.74, 6) is -0.226. The predicted molar refractivity (Wildman–Crippen MR) is 129 cm³/mol. The topological polar surface area (TPSA) is 99.3 Å². The van der Waals surface area contributed by atoms with Gasteiger partial charge in [0.2, 0.25) is 15.9 Å². The maximum atomic E-state index is 13.0. The number of ether oxygens (including phenoxy) is 1. The lowest BCUT2D eigenvalue weighted by atomic mass is 10.2. The van der Waals surface area contributed by atoms with Gasteiger partial charge in [-0.15, -0.1) is 0 Å². The Morgan fingerprint density at radius 2 is 1.70 bits per heavy atom. The van der Waals surface area contributed by atoms with Crippen LogP contribution in [0.1, 0.15) is 47.1 Å². The summed E-state index contributed by atoms with van der Waals surface area (Å²) in [4.78, 5) is 29.0. The summed E-state index contributed by atoms with van der Waals surface area (Å²) >= 11 is 0. The highest BCUT2D eigenvalue weighted by Gasteiger charge is 2.30. The number of benzene rings is 1. The molecule has 1 fully saturated rings. The van der Waals surface area contributed by atoms with Crippen LogP contribution in [0.3, 0.4) is 0 Å². The summed E-state index contributed by atoms with van der Waals surface area (Å²) in [6, 6.07) is 4.50. The number of carbonyl (C=O) groups is 2. The van der Waals surface area contributed by atoms with Crippen LogP contribution in [0.25, 0.3) is 0 Å². The number of sulfonamides is 1. The van der Waals surface area contributed by atoms with Crippen molar-refractivity contribution in [2.75, 3.05) is 44.6 Å². The number of aryl methyl sites for hydroxylation is 1. The number of anilines is 1. The quantitative estimate of drug-likeness (QED) is 0.642. The van der Waals surface area contributed by atoms with Gasteiger partial charge in [-0.05, 0) is 52.3 Å². The molecule has 1 aliphatic rings. The highest BCUT2D eigenvalue weighted by Crippen LogP contribution is 2.24. The Morgan fingerprint density at radius 1 is 1.12 bits per heavy atom. The Kier molecular flexibility index (Phi) is 8.89. The number of amides is 2. The summed E-state index contributed by atoms with van der Waals surface area (Å²) < 4.78 is 32.8. The number of piperazine rings is 1. The van der Waals surface area contributed by atoms with Gasteiger partial charge in [0.1, 0.15) is 5.60 Å². The van der Waals surface area contributed by atoms with Gasteiger partial charge in [-0.3, -0.25) is 9.69 Å². The summed E-state index contributed by atoms with van der Waals surface area (Å²) in [6.07, 6.45) is -0.346. The molecule has 0 aromatic heterocycles. The molecule has 0 bridgehead atoms. The molecule has 1 heterocycles. The molecule has 33 heavy (non-hydrogen) atoms. The number of rotatable bonds is 7. The number of carbonyl (C=O) groups excluding carboxylic acids is 2. The fourth-order valence-electron chi connectivity index (χ4n) is 3.69. The molecule has 0 radical (unpaired) electrons. The van der Waals surface area contributed by atoms with Gasteiger partial charge in [0.25, 0.3) is 0 Å². The third-order valence-corrected chi connectivity index (χ3v) is 7.86. The zero-order valence-corrected chi connectivity index (χ0v) is 21.7. The molecule has 0 saturated carbocycles. The van der Waals surface area contributed by atoms with E-state index in [2.05, 4.69) is 5.32 Å². The molecule has 2 amide bonds. The van der Waals surface area contributed by atoms with Crippen molar-refractivity contribution in [1.29, 1.82) is 0 Å². The molecule has 0 aliphatic carbocycles. The first-order valence-electron chi connectivity index (χ1n) is 11.4. The minimum Gasteiger partial charge on any atom is -0.444 e. The van der Waals surface area contributed by atoms with Crippen LogP contribution in [0, 0.1) is 6.92 Å². The van der Waals surface area contributed by atoms with Crippen LogP contribution in [-0.4, -0.2) is 85.4 Å². The zero-order valence-electron chi connectivity index (χ0n) is 20.8. The molecular weight excluding hydrogens is 444 g/mol. The largest absolute Gasteiger partial charge is 0.444 e. The van der Waals surface area contributed by atoms with E-state index in [0.29, 0.717) is 50.5 Å². The van der Waals surface area contributed by atoms with E-state index in [4.69, 9.17) is 4.74 Å². The van der Waals surface area contributed by atoms with Gasteiger partial charge < -0.3 is 15.0 Å². The van der Waals surface area contributed by atoms with Gasteiger partial charge in [0.15, 0.2) is 0 Å². The average molecular weight is 483 g/mol. The molecule has 1 N–H and O–H groups in total. The van der Waals surface area contributed by atoms with Crippen molar-refractivity contribution >= 4 is 27.7 Å². The first-order chi connectivity index (χ1) is 15.3. The van der Waals surface area contributed by atoms with E-state index in [1.54, 1.807) is 44.7 Å². The minimum atomic E-state index is -3.64. The number of hydrogen-bond acceptors (Lipinski definition) is 6. The van der Waals surface area contributed by atoms with Crippen molar-refractivity contribution in [3.8, 4) is 0 Å². The average Bonchev–Trinajstić information content (AvgIpc) is 2.74. The van der Waals surface area contributed by atoms with Gasteiger partial charge in [-0.25, -0.2) is 13.2 Å². The standard InChI is InChI=1S/C23H38N4O5S/c1-8-27(9-2)33(30,31)20-16-19(11-10-17(20)3)24-21(28)18(4)25-12-14-26(15-13-25)22(29)32-23(5,6)7/h10-11,16,18H,8-9,12-15H2,1-7H3,(H,24,28)/t18-/m1/s1. The first kappa shape index (κ1) is 27.1.